The fourth-order valence-corrected chi connectivity index (χ4v) is 1.81. The Bertz CT molecular complexity index is 386. The Morgan fingerprint density at radius 1 is 1.39 bits per heavy atom. The summed E-state index contributed by atoms with van der Waals surface area (Å²) in [7, 11) is 0. The molecule has 18 heavy (non-hydrogen) atoms. The Morgan fingerprint density at radius 3 is 2.56 bits per heavy atom. The highest BCUT2D eigenvalue weighted by atomic mass is 19.3. The second-order valence-corrected chi connectivity index (χ2v) is 4.03. The van der Waals surface area contributed by atoms with Crippen LogP contribution in [0.3, 0.4) is 0 Å². The molecule has 3 N–H and O–H groups in total. The van der Waals surface area contributed by atoms with E-state index in [2.05, 4.69) is 0 Å². The number of alkyl halides is 2. The van der Waals surface area contributed by atoms with Crippen LogP contribution in [0.5, 0.6) is 0 Å². The maximum atomic E-state index is 13.8. The van der Waals surface area contributed by atoms with Gasteiger partial charge in [-0.05, 0) is 18.6 Å². The van der Waals surface area contributed by atoms with Crippen molar-refractivity contribution in [1.29, 1.82) is 0 Å². The van der Waals surface area contributed by atoms with Crippen LogP contribution in [0.2, 0.25) is 0 Å². The third-order valence-electron chi connectivity index (χ3n) is 2.55. The zero-order valence-electron chi connectivity index (χ0n) is 10.1. The molecular weight excluding hydrogens is 245 g/mol. The van der Waals surface area contributed by atoms with Gasteiger partial charge in [-0.1, -0.05) is 12.1 Å². The highest BCUT2D eigenvalue weighted by Crippen LogP contribution is 2.28. The van der Waals surface area contributed by atoms with Crippen molar-refractivity contribution in [3.05, 3.63) is 29.6 Å². The number of nitrogens with two attached hydrogens (primary N) is 1. The normalized spacial score (nSPS) is 12.8. The first kappa shape index (κ1) is 14.8. The molecule has 1 atom stereocenters. The summed E-state index contributed by atoms with van der Waals surface area (Å²) in [6, 6.07) is 3.79. The fourth-order valence-electron chi connectivity index (χ4n) is 1.81. The van der Waals surface area contributed by atoms with Gasteiger partial charge in [0.25, 0.3) is 6.43 Å². The van der Waals surface area contributed by atoms with Crippen molar-refractivity contribution in [2.24, 2.45) is 5.73 Å². The van der Waals surface area contributed by atoms with E-state index < -0.39 is 24.8 Å². The van der Waals surface area contributed by atoms with Crippen molar-refractivity contribution < 1.29 is 18.3 Å². The van der Waals surface area contributed by atoms with Gasteiger partial charge in [0, 0.05) is 12.6 Å². The number of benzene rings is 1. The summed E-state index contributed by atoms with van der Waals surface area (Å²) in [4.78, 5) is 1.12. The molecule has 0 spiro atoms. The molecule has 0 unspecified atom stereocenters. The largest absolute Gasteiger partial charge is 0.395 e. The van der Waals surface area contributed by atoms with Crippen LogP contribution in [0.1, 0.15) is 18.5 Å². The van der Waals surface area contributed by atoms with Gasteiger partial charge in [-0.25, -0.2) is 13.2 Å². The molecule has 1 aromatic carbocycles. The number of aliphatic hydroxyl groups is 1. The SMILES string of the molecule is C[C@@H](N)c1cccc(F)c1N(CCO)CC(F)F. The molecule has 0 aliphatic rings. The van der Waals surface area contributed by atoms with Gasteiger partial charge in [-0.15, -0.1) is 0 Å². The number of aliphatic hydroxyl groups excluding tert-OH is 1. The second kappa shape index (κ2) is 6.61. The molecule has 1 aromatic rings. The Labute approximate surface area is 104 Å². The average molecular weight is 262 g/mol. The average Bonchev–Trinajstić information content (AvgIpc) is 2.27. The second-order valence-electron chi connectivity index (χ2n) is 4.03. The number of rotatable bonds is 6. The van der Waals surface area contributed by atoms with Gasteiger partial charge in [-0.2, -0.15) is 0 Å². The summed E-state index contributed by atoms with van der Waals surface area (Å²) in [5.41, 5.74) is 6.20. The lowest BCUT2D eigenvalue weighted by Crippen LogP contribution is -2.33. The Hall–Kier alpha value is -1.27. The summed E-state index contributed by atoms with van der Waals surface area (Å²) >= 11 is 0. The molecule has 0 heterocycles. The van der Waals surface area contributed by atoms with E-state index in [1.807, 2.05) is 0 Å². The molecule has 0 saturated carbocycles. The van der Waals surface area contributed by atoms with Gasteiger partial charge in [0.2, 0.25) is 0 Å². The van der Waals surface area contributed by atoms with E-state index in [1.165, 1.54) is 12.1 Å². The first-order valence-corrected chi connectivity index (χ1v) is 5.65. The number of anilines is 1. The van der Waals surface area contributed by atoms with Crippen molar-refractivity contribution in [3.8, 4) is 0 Å². The summed E-state index contributed by atoms with van der Waals surface area (Å²) < 4.78 is 38.8. The van der Waals surface area contributed by atoms with Crippen LogP contribution in [0, 0.1) is 5.82 Å². The molecule has 0 fully saturated rings. The zero-order chi connectivity index (χ0) is 13.7. The van der Waals surface area contributed by atoms with E-state index in [9.17, 15) is 13.2 Å². The van der Waals surface area contributed by atoms with Gasteiger partial charge >= 0.3 is 0 Å². The monoisotopic (exact) mass is 262 g/mol. The van der Waals surface area contributed by atoms with E-state index in [-0.39, 0.29) is 18.8 Å². The van der Waals surface area contributed by atoms with E-state index >= 15 is 0 Å². The smallest absolute Gasteiger partial charge is 0.255 e. The lowest BCUT2D eigenvalue weighted by atomic mass is 10.1. The molecule has 0 radical (unpaired) electrons. The minimum atomic E-state index is -2.61. The third-order valence-corrected chi connectivity index (χ3v) is 2.55. The van der Waals surface area contributed by atoms with Crippen LogP contribution >= 0.6 is 0 Å². The van der Waals surface area contributed by atoms with Crippen LogP contribution in [0.25, 0.3) is 0 Å². The first-order valence-electron chi connectivity index (χ1n) is 5.65. The minimum absolute atomic E-state index is 0.0434. The summed E-state index contributed by atoms with van der Waals surface area (Å²) in [6.07, 6.45) is -2.61. The molecule has 0 bridgehead atoms. The van der Waals surface area contributed by atoms with Gasteiger partial charge in [0.1, 0.15) is 5.82 Å². The Kier molecular flexibility index (Phi) is 5.43. The molecule has 1 rings (SSSR count). The summed E-state index contributed by atoms with van der Waals surface area (Å²) in [5, 5.41) is 8.89. The van der Waals surface area contributed by atoms with Crippen molar-refractivity contribution >= 4 is 5.69 Å². The molecule has 102 valence electrons. The molecule has 0 aliphatic carbocycles. The number of hydrogen-bond acceptors (Lipinski definition) is 3. The number of nitrogens with zero attached hydrogens (tertiary/aromatic N) is 1. The lowest BCUT2D eigenvalue weighted by molar-refractivity contribution is 0.152. The van der Waals surface area contributed by atoms with Gasteiger partial charge in [0.05, 0.1) is 18.8 Å². The number of hydrogen-bond donors (Lipinski definition) is 2. The molecule has 0 amide bonds. The molecule has 3 nitrogen and oxygen atoms in total. The third kappa shape index (κ3) is 3.61. The molecule has 0 aliphatic heterocycles. The quantitative estimate of drug-likeness (QED) is 0.823. The zero-order valence-corrected chi connectivity index (χ0v) is 10.1. The van der Waals surface area contributed by atoms with Crippen LogP contribution in [0.4, 0.5) is 18.9 Å². The predicted molar refractivity (Wildman–Crippen MR) is 64.3 cm³/mol. The maximum Gasteiger partial charge on any atom is 0.255 e. The Balaban J connectivity index is 3.16. The summed E-state index contributed by atoms with van der Waals surface area (Å²) in [5.74, 6) is -0.612. The topological polar surface area (TPSA) is 49.5 Å². The lowest BCUT2D eigenvalue weighted by Gasteiger charge is -2.27. The number of para-hydroxylation sites is 1. The van der Waals surface area contributed by atoms with Crippen LogP contribution in [-0.4, -0.2) is 31.2 Å². The maximum absolute atomic E-state index is 13.8. The van der Waals surface area contributed by atoms with Gasteiger partial charge in [0.15, 0.2) is 0 Å². The van der Waals surface area contributed by atoms with Crippen LogP contribution in [-0.2, 0) is 0 Å². The van der Waals surface area contributed by atoms with Gasteiger partial charge in [-0.3, -0.25) is 0 Å². The predicted octanol–water partition coefficient (Wildman–Crippen LogP) is 1.91. The highest BCUT2D eigenvalue weighted by molar-refractivity contribution is 5.56. The standard InChI is InChI=1S/C12H17F3N2O/c1-8(16)9-3-2-4-10(13)12(9)17(5-6-18)7-11(14)15/h2-4,8,11,18H,5-7,16H2,1H3/t8-/m1/s1. The minimum Gasteiger partial charge on any atom is -0.395 e. The van der Waals surface area contributed by atoms with Gasteiger partial charge < -0.3 is 15.7 Å². The summed E-state index contributed by atoms with van der Waals surface area (Å²) in [6.45, 7) is 0.615. The number of halogens is 3. The van der Waals surface area contributed by atoms with E-state index in [1.54, 1.807) is 13.0 Å². The van der Waals surface area contributed by atoms with E-state index in [0.717, 1.165) is 4.90 Å². The van der Waals surface area contributed by atoms with Crippen molar-refractivity contribution in [3.63, 3.8) is 0 Å². The molecule has 6 heteroatoms. The van der Waals surface area contributed by atoms with E-state index in [0.29, 0.717) is 5.56 Å². The van der Waals surface area contributed by atoms with Crippen LogP contribution in [0.15, 0.2) is 18.2 Å². The Morgan fingerprint density at radius 2 is 2.06 bits per heavy atom. The van der Waals surface area contributed by atoms with Crippen LogP contribution < -0.4 is 10.6 Å². The van der Waals surface area contributed by atoms with Crippen molar-refractivity contribution in [2.45, 2.75) is 19.4 Å². The molecule has 0 saturated heterocycles. The van der Waals surface area contributed by atoms with E-state index in [4.69, 9.17) is 10.8 Å². The molecule has 0 aromatic heterocycles. The molecular formula is C12H17F3N2O. The first-order chi connectivity index (χ1) is 8.47. The fraction of sp³-hybridized carbons (Fsp3) is 0.500. The van der Waals surface area contributed by atoms with Crippen molar-refractivity contribution in [1.82, 2.24) is 0 Å². The highest BCUT2D eigenvalue weighted by Gasteiger charge is 2.20. The van der Waals surface area contributed by atoms with Crippen molar-refractivity contribution in [2.75, 3.05) is 24.6 Å².